The van der Waals surface area contributed by atoms with Crippen LogP contribution in [0.4, 0.5) is 0 Å². The number of oxime groups is 1. The van der Waals surface area contributed by atoms with E-state index in [1.807, 2.05) is 12.1 Å². The minimum Gasteiger partial charge on any atom is -0.399 e. The van der Waals surface area contributed by atoms with Gasteiger partial charge in [0.15, 0.2) is 0 Å². The van der Waals surface area contributed by atoms with E-state index in [-0.39, 0.29) is 11.4 Å². The third-order valence-electron chi connectivity index (χ3n) is 8.86. The fraction of sp³-hybridized carbons (Fsp3) is 0.424. The van der Waals surface area contributed by atoms with Crippen molar-refractivity contribution in [2.45, 2.75) is 52.0 Å². The van der Waals surface area contributed by atoms with Gasteiger partial charge in [-0.3, -0.25) is 14.7 Å². The number of piperidine rings is 2. The van der Waals surface area contributed by atoms with Crippen LogP contribution in [-0.4, -0.2) is 65.2 Å². The van der Waals surface area contributed by atoms with Crippen LogP contribution in [0.15, 0.2) is 70.6 Å². The van der Waals surface area contributed by atoms with Crippen LogP contribution < -0.4 is 0 Å². The van der Waals surface area contributed by atoms with Crippen LogP contribution in [-0.2, 0) is 4.84 Å². The van der Waals surface area contributed by atoms with E-state index in [1.54, 1.807) is 19.5 Å². The van der Waals surface area contributed by atoms with Gasteiger partial charge < -0.3 is 9.74 Å². The largest absolute Gasteiger partial charge is 0.399 e. The number of halogens is 1. The van der Waals surface area contributed by atoms with E-state index in [2.05, 4.69) is 93.0 Å². The summed E-state index contributed by atoms with van der Waals surface area (Å²) in [5.41, 5.74) is 7.44. The first-order valence-corrected chi connectivity index (χ1v) is 15.0. The molecule has 2 aliphatic heterocycles. The molecule has 0 atom stereocenters. The summed E-state index contributed by atoms with van der Waals surface area (Å²) < 4.78 is 1.06. The van der Waals surface area contributed by atoms with Crippen molar-refractivity contribution >= 4 is 27.5 Å². The average molecular weight is 604 g/mol. The van der Waals surface area contributed by atoms with Crippen molar-refractivity contribution in [2.24, 2.45) is 11.1 Å². The number of carbonyl (C=O) groups excluding carboxylic acids is 1. The number of hydrogen-bond acceptors (Lipinski definition) is 5. The second-order valence-corrected chi connectivity index (χ2v) is 12.4. The van der Waals surface area contributed by atoms with Gasteiger partial charge in [-0.15, -0.1) is 0 Å². The second-order valence-electron chi connectivity index (χ2n) is 11.4. The lowest BCUT2D eigenvalue weighted by Gasteiger charge is -2.49. The zero-order valence-electron chi connectivity index (χ0n) is 24.0. The van der Waals surface area contributed by atoms with Crippen molar-refractivity contribution < 1.29 is 9.63 Å². The third-order valence-corrected chi connectivity index (χ3v) is 9.39. The van der Waals surface area contributed by atoms with Gasteiger partial charge in [-0.05, 0) is 112 Å². The van der Waals surface area contributed by atoms with Crippen LogP contribution in [0, 0.1) is 19.8 Å². The molecule has 40 heavy (non-hydrogen) atoms. The molecule has 5 rings (SSSR count). The van der Waals surface area contributed by atoms with Gasteiger partial charge >= 0.3 is 0 Å². The quantitative estimate of drug-likeness (QED) is 0.228. The normalized spacial score (nSPS) is 18.5. The summed E-state index contributed by atoms with van der Waals surface area (Å²) in [7, 11) is 1.63. The Bertz CT molecular complexity index is 1330. The Morgan fingerprint density at radius 2 is 1.55 bits per heavy atom. The molecule has 0 saturated carbocycles. The Labute approximate surface area is 246 Å². The smallest absolute Gasteiger partial charge is 0.254 e. The predicted molar refractivity (Wildman–Crippen MR) is 165 cm³/mol. The second kappa shape index (κ2) is 12.2. The number of aromatic nitrogens is 1. The summed E-state index contributed by atoms with van der Waals surface area (Å²) in [5.74, 6) is 0.538. The molecular formula is C33H39BrN4O2. The molecular weight excluding hydrogens is 564 g/mol. The van der Waals surface area contributed by atoms with E-state index >= 15 is 0 Å². The number of aryl methyl sites for hydroxylation is 2. The lowest BCUT2D eigenvalue weighted by atomic mass is 9.82. The standard InChI is InChI=1S/C33H39BrN4O2/c1-23-21-28(25-9-15-35-16-10-25)22-24(2)30(23)32(39)37-19-13-33(3,14-20-37)38-17-11-27(12-18-38)31(36-40-4)26-5-7-29(34)8-6-26/h5-10,15-16,21-22,27H,11-14,17-20H2,1-4H3/b36-31-. The van der Waals surface area contributed by atoms with E-state index in [9.17, 15) is 4.79 Å². The molecule has 0 spiro atoms. The number of hydrogen-bond donors (Lipinski definition) is 0. The zero-order valence-corrected chi connectivity index (χ0v) is 25.6. The molecule has 0 radical (unpaired) electrons. The van der Waals surface area contributed by atoms with Gasteiger partial charge in [0.1, 0.15) is 7.11 Å². The highest BCUT2D eigenvalue weighted by atomic mass is 79.9. The molecule has 3 heterocycles. The number of likely N-dealkylation sites (tertiary alicyclic amines) is 2. The molecule has 2 aromatic carbocycles. The topological polar surface area (TPSA) is 58.0 Å². The van der Waals surface area contributed by atoms with Crippen LogP contribution in [0.1, 0.15) is 59.7 Å². The molecule has 6 nitrogen and oxygen atoms in total. The molecule has 3 aromatic rings. The molecule has 1 amide bonds. The third kappa shape index (κ3) is 6.01. The minimum absolute atomic E-state index is 0.104. The highest BCUT2D eigenvalue weighted by molar-refractivity contribution is 9.10. The highest BCUT2D eigenvalue weighted by Crippen LogP contribution is 2.35. The summed E-state index contributed by atoms with van der Waals surface area (Å²) in [4.78, 5) is 27.8. The molecule has 2 fully saturated rings. The molecule has 0 unspecified atom stereocenters. The molecule has 0 bridgehead atoms. The maximum Gasteiger partial charge on any atom is 0.254 e. The number of carbonyl (C=O) groups is 1. The number of benzene rings is 2. The SMILES string of the molecule is CO/N=C(/c1ccc(Br)cc1)C1CCN(C2(C)CCN(C(=O)c3c(C)cc(-c4ccncc4)cc3C)CC2)CC1. The van der Waals surface area contributed by atoms with Gasteiger partial charge in [-0.1, -0.05) is 45.4 Å². The van der Waals surface area contributed by atoms with E-state index in [1.165, 1.54) is 0 Å². The zero-order chi connectivity index (χ0) is 28.3. The van der Waals surface area contributed by atoms with Crippen LogP contribution in [0.25, 0.3) is 11.1 Å². The van der Waals surface area contributed by atoms with Gasteiger partial charge in [-0.2, -0.15) is 0 Å². The monoisotopic (exact) mass is 602 g/mol. The van der Waals surface area contributed by atoms with E-state index in [4.69, 9.17) is 4.84 Å². The summed E-state index contributed by atoms with van der Waals surface area (Å²) in [6.07, 6.45) is 7.70. The highest BCUT2D eigenvalue weighted by Gasteiger charge is 2.39. The van der Waals surface area contributed by atoms with Crippen molar-refractivity contribution in [3.05, 3.63) is 87.7 Å². The van der Waals surface area contributed by atoms with Crippen LogP contribution in [0.2, 0.25) is 0 Å². The lowest BCUT2D eigenvalue weighted by Crippen LogP contribution is -2.56. The Hall–Kier alpha value is -3.03. The Kier molecular flexibility index (Phi) is 8.71. The van der Waals surface area contributed by atoms with Crippen molar-refractivity contribution in [3.63, 3.8) is 0 Å². The first-order valence-electron chi connectivity index (χ1n) is 14.2. The number of nitrogens with zero attached hydrogens (tertiary/aromatic N) is 4. The Morgan fingerprint density at radius 1 is 0.950 bits per heavy atom. The van der Waals surface area contributed by atoms with Crippen molar-refractivity contribution in [1.82, 2.24) is 14.8 Å². The number of rotatable bonds is 6. The van der Waals surface area contributed by atoms with Gasteiger partial charge in [0.2, 0.25) is 0 Å². The first-order chi connectivity index (χ1) is 19.3. The molecule has 1 aromatic heterocycles. The average Bonchev–Trinajstić information content (AvgIpc) is 2.97. The van der Waals surface area contributed by atoms with Crippen molar-refractivity contribution in [3.8, 4) is 11.1 Å². The van der Waals surface area contributed by atoms with Crippen molar-refractivity contribution in [1.29, 1.82) is 0 Å². The molecule has 0 N–H and O–H groups in total. The fourth-order valence-electron chi connectivity index (χ4n) is 6.45. The maximum absolute atomic E-state index is 13.7. The summed E-state index contributed by atoms with van der Waals surface area (Å²) >= 11 is 3.53. The van der Waals surface area contributed by atoms with E-state index in [0.29, 0.717) is 5.92 Å². The molecule has 0 aliphatic carbocycles. The van der Waals surface area contributed by atoms with E-state index in [0.717, 1.165) is 95.4 Å². The van der Waals surface area contributed by atoms with Crippen molar-refractivity contribution in [2.75, 3.05) is 33.3 Å². The molecule has 2 saturated heterocycles. The maximum atomic E-state index is 13.7. The Balaban J connectivity index is 1.21. The number of amides is 1. The summed E-state index contributed by atoms with van der Waals surface area (Å²) in [6, 6.07) is 16.6. The summed E-state index contributed by atoms with van der Waals surface area (Å²) in [5, 5.41) is 4.43. The minimum atomic E-state index is 0.104. The van der Waals surface area contributed by atoms with E-state index < -0.39 is 0 Å². The predicted octanol–water partition coefficient (Wildman–Crippen LogP) is 6.89. The first kappa shape index (κ1) is 28.5. The summed E-state index contributed by atoms with van der Waals surface area (Å²) in [6.45, 7) is 10.1. The molecule has 7 heteroatoms. The lowest BCUT2D eigenvalue weighted by molar-refractivity contribution is 0.0162. The number of pyridine rings is 1. The van der Waals surface area contributed by atoms with Gasteiger partial charge in [0.25, 0.3) is 5.91 Å². The van der Waals surface area contributed by atoms with Crippen LogP contribution in [0.3, 0.4) is 0 Å². The fourth-order valence-corrected chi connectivity index (χ4v) is 6.72. The van der Waals surface area contributed by atoms with Crippen LogP contribution in [0.5, 0.6) is 0 Å². The van der Waals surface area contributed by atoms with Crippen LogP contribution >= 0.6 is 15.9 Å². The van der Waals surface area contributed by atoms with Gasteiger partial charge in [-0.25, -0.2) is 0 Å². The Morgan fingerprint density at radius 3 is 2.12 bits per heavy atom. The van der Waals surface area contributed by atoms with Gasteiger partial charge in [0, 0.05) is 47.0 Å². The molecule has 2 aliphatic rings. The molecule has 210 valence electrons. The van der Waals surface area contributed by atoms with Gasteiger partial charge in [0.05, 0.1) is 5.71 Å².